The summed E-state index contributed by atoms with van der Waals surface area (Å²) >= 11 is 0. The van der Waals surface area contributed by atoms with Crippen molar-refractivity contribution < 1.29 is 5.11 Å². The van der Waals surface area contributed by atoms with Crippen LogP contribution >= 0.6 is 0 Å². The first-order valence-electron chi connectivity index (χ1n) is 6.83. The van der Waals surface area contributed by atoms with Gasteiger partial charge in [0.15, 0.2) is 0 Å². The lowest BCUT2D eigenvalue weighted by Crippen LogP contribution is -2.59. The number of hydrogen-bond donors (Lipinski definition) is 2. The number of nitrogens with one attached hydrogen (secondary N) is 1. The van der Waals surface area contributed by atoms with Crippen LogP contribution < -0.4 is 5.32 Å². The van der Waals surface area contributed by atoms with E-state index in [1.807, 2.05) is 0 Å². The zero-order chi connectivity index (χ0) is 12.8. The Hall–Kier alpha value is -0.900. The first-order chi connectivity index (χ1) is 8.60. The van der Waals surface area contributed by atoms with Gasteiger partial charge in [-0.1, -0.05) is 30.3 Å². The number of fused-ring (bicyclic) bond motifs is 2. The van der Waals surface area contributed by atoms with Crippen LogP contribution in [-0.4, -0.2) is 41.3 Å². The molecule has 3 nitrogen and oxygen atoms in total. The maximum absolute atomic E-state index is 10.2. The Morgan fingerprint density at radius 2 is 1.94 bits per heavy atom. The summed E-state index contributed by atoms with van der Waals surface area (Å²) in [5, 5.41) is 13.6. The molecule has 3 heteroatoms. The lowest BCUT2D eigenvalue weighted by Gasteiger charge is -2.46. The third kappa shape index (κ3) is 1.78. The van der Waals surface area contributed by atoms with Crippen molar-refractivity contribution in [2.24, 2.45) is 0 Å². The van der Waals surface area contributed by atoms with Crippen molar-refractivity contribution in [1.29, 1.82) is 0 Å². The van der Waals surface area contributed by atoms with Crippen LogP contribution in [0.3, 0.4) is 0 Å². The van der Waals surface area contributed by atoms with Crippen LogP contribution in [0.5, 0.6) is 0 Å². The Labute approximate surface area is 109 Å². The van der Waals surface area contributed by atoms with Crippen molar-refractivity contribution >= 4 is 0 Å². The second-order valence-corrected chi connectivity index (χ2v) is 6.01. The van der Waals surface area contributed by atoms with E-state index in [2.05, 4.69) is 54.4 Å². The van der Waals surface area contributed by atoms with Gasteiger partial charge in [-0.25, -0.2) is 0 Å². The minimum Gasteiger partial charge on any atom is -0.391 e. The number of aliphatic hydroxyl groups excluding tert-OH is 1. The van der Waals surface area contributed by atoms with Gasteiger partial charge in [0, 0.05) is 30.7 Å². The fourth-order valence-corrected chi connectivity index (χ4v) is 3.69. The summed E-state index contributed by atoms with van der Waals surface area (Å²) < 4.78 is 0. The molecule has 2 fully saturated rings. The second kappa shape index (κ2) is 4.34. The third-order valence-electron chi connectivity index (χ3n) is 4.57. The number of rotatable bonds is 2. The Morgan fingerprint density at radius 1 is 1.22 bits per heavy atom. The Balaban J connectivity index is 1.94. The third-order valence-corrected chi connectivity index (χ3v) is 4.57. The van der Waals surface area contributed by atoms with Crippen molar-refractivity contribution in [3.63, 3.8) is 0 Å². The summed E-state index contributed by atoms with van der Waals surface area (Å²) in [6.07, 6.45) is 0.710. The lowest BCUT2D eigenvalue weighted by molar-refractivity contribution is 0.0143. The summed E-state index contributed by atoms with van der Waals surface area (Å²) in [4.78, 5) is 2.52. The first-order valence-corrected chi connectivity index (χ1v) is 6.83. The molecule has 3 atom stereocenters. The Kier molecular flexibility index (Phi) is 2.93. The Bertz CT molecular complexity index is 418. The molecule has 0 saturated carbocycles. The van der Waals surface area contributed by atoms with Gasteiger partial charge in [0.25, 0.3) is 0 Å². The fourth-order valence-electron chi connectivity index (χ4n) is 3.69. The summed E-state index contributed by atoms with van der Waals surface area (Å²) in [5.74, 6) is 0. The SMILES string of the molecule is CC(C)(c1ccccc1)N1[C@@H]2CNC[C@H]1[C@H](O)C2. The van der Waals surface area contributed by atoms with Crippen LogP contribution in [0.2, 0.25) is 0 Å². The van der Waals surface area contributed by atoms with Crippen LogP contribution in [0, 0.1) is 0 Å². The van der Waals surface area contributed by atoms with E-state index < -0.39 is 0 Å². The minimum absolute atomic E-state index is 0.0177. The molecule has 18 heavy (non-hydrogen) atoms. The van der Waals surface area contributed by atoms with E-state index in [9.17, 15) is 5.11 Å². The summed E-state index contributed by atoms with van der Waals surface area (Å²) in [7, 11) is 0. The van der Waals surface area contributed by atoms with Gasteiger partial charge in [0.05, 0.1) is 6.10 Å². The van der Waals surface area contributed by atoms with E-state index in [4.69, 9.17) is 0 Å². The molecule has 0 amide bonds. The minimum atomic E-state index is -0.187. The predicted molar refractivity (Wildman–Crippen MR) is 72.4 cm³/mol. The molecule has 0 radical (unpaired) electrons. The topological polar surface area (TPSA) is 35.5 Å². The smallest absolute Gasteiger partial charge is 0.0723 e. The molecule has 1 aromatic carbocycles. The largest absolute Gasteiger partial charge is 0.391 e. The zero-order valence-electron chi connectivity index (χ0n) is 11.1. The normalized spacial score (nSPS) is 32.7. The molecule has 3 rings (SSSR count). The number of aliphatic hydroxyl groups is 1. The molecule has 2 aliphatic rings. The average Bonchev–Trinajstić information content (AvgIpc) is 2.58. The van der Waals surface area contributed by atoms with E-state index >= 15 is 0 Å². The van der Waals surface area contributed by atoms with Gasteiger partial charge < -0.3 is 10.4 Å². The predicted octanol–water partition coefficient (Wildman–Crippen LogP) is 1.33. The molecule has 2 bridgehead atoms. The van der Waals surface area contributed by atoms with Crippen LogP contribution in [0.1, 0.15) is 25.8 Å². The molecule has 1 aromatic rings. The highest BCUT2D eigenvalue weighted by molar-refractivity contribution is 5.25. The standard InChI is InChI=1S/C15H22N2O/c1-15(2,11-6-4-3-5-7-11)17-12-8-14(18)13(17)10-16-9-12/h3-7,12-14,16,18H,8-10H2,1-2H3/t12-,13-,14+/m0/s1. The monoisotopic (exact) mass is 246 g/mol. The zero-order valence-corrected chi connectivity index (χ0v) is 11.1. The average molecular weight is 246 g/mol. The molecule has 98 valence electrons. The van der Waals surface area contributed by atoms with E-state index in [0.29, 0.717) is 6.04 Å². The van der Waals surface area contributed by atoms with Crippen LogP contribution in [0.25, 0.3) is 0 Å². The van der Waals surface area contributed by atoms with Crippen LogP contribution in [-0.2, 0) is 5.54 Å². The number of nitrogens with zero attached hydrogens (tertiary/aromatic N) is 1. The molecule has 0 unspecified atom stereocenters. The van der Waals surface area contributed by atoms with Gasteiger partial charge in [-0.15, -0.1) is 0 Å². The molecular formula is C15H22N2O. The number of piperazine rings is 1. The van der Waals surface area contributed by atoms with Gasteiger partial charge in [0.2, 0.25) is 0 Å². The van der Waals surface area contributed by atoms with E-state index in [1.165, 1.54) is 5.56 Å². The van der Waals surface area contributed by atoms with Gasteiger partial charge >= 0.3 is 0 Å². The van der Waals surface area contributed by atoms with Gasteiger partial charge in [-0.3, -0.25) is 4.90 Å². The quantitative estimate of drug-likeness (QED) is 0.826. The van der Waals surface area contributed by atoms with Crippen molar-refractivity contribution in [1.82, 2.24) is 10.2 Å². The van der Waals surface area contributed by atoms with Crippen molar-refractivity contribution in [3.05, 3.63) is 35.9 Å². The highest BCUT2D eigenvalue weighted by Crippen LogP contribution is 2.39. The van der Waals surface area contributed by atoms with E-state index in [-0.39, 0.29) is 17.7 Å². The first kappa shape index (κ1) is 12.2. The molecule has 2 saturated heterocycles. The highest BCUT2D eigenvalue weighted by atomic mass is 16.3. The highest BCUT2D eigenvalue weighted by Gasteiger charge is 2.49. The van der Waals surface area contributed by atoms with Crippen molar-refractivity contribution in [2.45, 2.75) is 44.0 Å². The molecular weight excluding hydrogens is 224 g/mol. The van der Waals surface area contributed by atoms with Gasteiger partial charge in [-0.05, 0) is 25.8 Å². The number of benzene rings is 1. The van der Waals surface area contributed by atoms with Gasteiger partial charge in [-0.2, -0.15) is 0 Å². The molecule has 2 aliphatic heterocycles. The molecule has 0 aliphatic carbocycles. The number of hydrogen-bond acceptors (Lipinski definition) is 3. The van der Waals surface area contributed by atoms with Crippen LogP contribution in [0.15, 0.2) is 30.3 Å². The fraction of sp³-hybridized carbons (Fsp3) is 0.600. The summed E-state index contributed by atoms with van der Waals surface area (Å²) in [6.45, 7) is 6.43. The van der Waals surface area contributed by atoms with Crippen molar-refractivity contribution in [2.75, 3.05) is 13.1 Å². The molecule has 0 aromatic heterocycles. The maximum atomic E-state index is 10.2. The van der Waals surface area contributed by atoms with E-state index in [0.717, 1.165) is 19.5 Å². The van der Waals surface area contributed by atoms with Gasteiger partial charge in [0.1, 0.15) is 0 Å². The van der Waals surface area contributed by atoms with Crippen molar-refractivity contribution in [3.8, 4) is 0 Å². The maximum Gasteiger partial charge on any atom is 0.0723 e. The lowest BCUT2D eigenvalue weighted by atomic mass is 9.89. The second-order valence-electron chi connectivity index (χ2n) is 6.01. The van der Waals surface area contributed by atoms with E-state index in [1.54, 1.807) is 0 Å². The summed E-state index contributed by atoms with van der Waals surface area (Å²) in [5.41, 5.74) is 1.31. The summed E-state index contributed by atoms with van der Waals surface area (Å²) in [6, 6.07) is 11.3. The Morgan fingerprint density at radius 3 is 2.61 bits per heavy atom. The van der Waals surface area contributed by atoms with Crippen LogP contribution in [0.4, 0.5) is 0 Å². The molecule has 2 heterocycles. The molecule has 0 spiro atoms. The molecule has 2 N–H and O–H groups in total.